The zero-order chi connectivity index (χ0) is 24.6. The molecule has 0 aliphatic carbocycles. The van der Waals surface area contributed by atoms with Crippen LogP contribution in [0.3, 0.4) is 0 Å². The average molecular weight is 474 g/mol. The van der Waals surface area contributed by atoms with Crippen LogP contribution in [0.2, 0.25) is 0 Å². The van der Waals surface area contributed by atoms with E-state index in [1.54, 1.807) is 14.2 Å². The molecule has 0 N–H and O–H groups in total. The average Bonchev–Trinajstić information content (AvgIpc) is 3.25. The monoisotopic (exact) mass is 473 g/mol. The lowest BCUT2D eigenvalue weighted by atomic mass is 10.0. The van der Waals surface area contributed by atoms with Gasteiger partial charge in [-0.05, 0) is 53.8 Å². The molecule has 0 amide bonds. The SMILES string of the molecule is COc1cc2c(OCc3ccccc3)cc3c(c2cc1OC)c1ccc(C)cc1n3-c1ccccc1. The Morgan fingerprint density at radius 1 is 0.611 bits per heavy atom. The van der Waals surface area contributed by atoms with Gasteiger partial charge in [0.05, 0.1) is 25.3 Å². The van der Waals surface area contributed by atoms with Gasteiger partial charge in [0.15, 0.2) is 11.5 Å². The maximum absolute atomic E-state index is 6.49. The number of methoxy groups -OCH3 is 2. The number of aryl methyl sites for hydroxylation is 1. The molecule has 0 spiro atoms. The summed E-state index contributed by atoms with van der Waals surface area (Å²) in [5.74, 6) is 2.18. The Bertz CT molecular complexity index is 1700. The van der Waals surface area contributed by atoms with Crippen LogP contribution < -0.4 is 14.2 Å². The lowest BCUT2D eigenvalue weighted by Gasteiger charge is -2.15. The molecule has 36 heavy (non-hydrogen) atoms. The minimum Gasteiger partial charge on any atom is -0.493 e. The molecule has 6 aromatic rings. The Morgan fingerprint density at radius 2 is 1.28 bits per heavy atom. The molecule has 4 nitrogen and oxygen atoms in total. The lowest BCUT2D eigenvalue weighted by Crippen LogP contribution is -1.99. The summed E-state index contributed by atoms with van der Waals surface area (Å²) in [5.41, 5.74) is 5.69. The van der Waals surface area contributed by atoms with Crippen molar-refractivity contribution in [3.05, 3.63) is 108 Å². The van der Waals surface area contributed by atoms with Crippen molar-refractivity contribution in [2.45, 2.75) is 13.5 Å². The number of aromatic nitrogens is 1. The van der Waals surface area contributed by atoms with E-state index in [-0.39, 0.29) is 0 Å². The third kappa shape index (κ3) is 3.62. The fourth-order valence-corrected chi connectivity index (χ4v) is 5.04. The summed E-state index contributed by atoms with van der Waals surface area (Å²) < 4.78 is 20.2. The van der Waals surface area contributed by atoms with Gasteiger partial charge in [0.25, 0.3) is 0 Å². The van der Waals surface area contributed by atoms with Crippen molar-refractivity contribution in [1.29, 1.82) is 0 Å². The van der Waals surface area contributed by atoms with Gasteiger partial charge in [-0.15, -0.1) is 0 Å². The van der Waals surface area contributed by atoms with Gasteiger partial charge in [0.2, 0.25) is 0 Å². The van der Waals surface area contributed by atoms with E-state index in [2.05, 4.69) is 78.2 Å². The van der Waals surface area contributed by atoms with Gasteiger partial charge in [-0.2, -0.15) is 0 Å². The Balaban J connectivity index is 1.72. The molecular weight excluding hydrogens is 446 g/mol. The minimum atomic E-state index is 0.473. The summed E-state index contributed by atoms with van der Waals surface area (Å²) in [6, 6.07) is 33.6. The topological polar surface area (TPSA) is 32.6 Å². The number of hydrogen-bond acceptors (Lipinski definition) is 3. The van der Waals surface area contributed by atoms with Gasteiger partial charge in [-0.3, -0.25) is 0 Å². The third-order valence-corrected chi connectivity index (χ3v) is 6.74. The summed E-state index contributed by atoms with van der Waals surface area (Å²) in [4.78, 5) is 0. The van der Waals surface area contributed by atoms with Crippen LogP contribution >= 0.6 is 0 Å². The number of ether oxygens (including phenoxy) is 3. The highest BCUT2D eigenvalue weighted by Crippen LogP contribution is 2.45. The molecular formula is C32H27NO3. The molecule has 0 aliphatic heterocycles. The number of para-hydroxylation sites is 1. The molecule has 1 aromatic heterocycles. The fourth-order valence-electron chi connectivity index (χ4n) is 5.04. The van der Waals surface area contributed by atoms with Gasteiger partial charge >= 0.3 is 0 Å². The van der Waals surface area contributed by atoms with Crippen LogP contribution in [-0.2, 0) is 6.61 Å². The summed E-state index contributed by atoms with van der Waals surface area (Å²) in [5, 5.41) is 4.41. The molecule has 0 saturated heterocycles. The van der Waals surface area contributed by atoms with E-state index in [1.165, 1.54) is 10.9 Å². The zero-order valence-electron chi connectivity index (χ0n) is 20.6. The molecule has 178 valence electrons. The van der Waals surface area contributed by atoms with Crippen LogP contribution in [0, 0.1) is 6.92 Å². The summed E-state index contributed by atoms with van der Waals surface area (Å²) in [6.07, 6.45) is 0. The van der Waals surface area contributed by atoms with E-state index in [4.69, 9.17) is 14.2 Å². The quantitative estimate of drug-likeness (QED) is 0.247. The fraction of sp³-hybridized carbons (Fsp3) is 0.125. The minimum absolute atomic E-state index is 0.473. The van der Waals surface area contributed by atoms with Crippen LogP contribution in [0.5, 0.6) is 17.2 Å². The van der Waals surface area contributed by atoms with Crippen molar-refractivity contribution in [2.75, 3.05) is 14.2 Å². The predicted molar refractivity (Wildman–Crippen MR) is 147 cm³/mol. The first-order valence-electron chi connectivity index (χ1n) is 12.0. The van der Waals surface area contributed by atoms with Gasteiger partial charge in [0, 0.05) is 27.9 Å². The molecule has 0 radical (unpaired) electrons. The Morgan fingerprint density at radius 3 is 1.97 bits per heavy atom. The van der Waals surface area contributed by atoms with E-state index in [0.717, 1.165) is 44.2 Å². The number of benzene rings is 5. The maximum atomic E-state index is 6.49. The molecule has 1 heterocycles. The third-order valence-electron chi connectivity index (χ3n) is 6.74. The highest BCUT2D eigenvalue weighted by Gasteiger charge is 2.20. The predicted octanol–water partition coefficient (Wildman–Crippen LogP) is 7.84. The van der Waals surface area contributed by atoms with Gasteiger partial charge in [-0.25, -0.2) is 0 Å². The van der Waals surface area contributed by atoms with Gasteiger partial charge in [0.1, 0.15) is 12.4 Å². The van der Waals surface area contributed by atoms with E-state index in [0.29, 0.717) is 18.1 Å². The summed E-state index contributed by atoms with van der Waals surface area (Å²) >= 11 is 0. The largest absolute Gasteiger partial charge is 0.493 e. The van der Waals surface area contributed by atoms with Gasteiger partial charge < -0.3 is 18.8 Å². The van der Waals surface area contributed by atoms with Crippen molar-refractivity contribution >= 4 is 32.6 Å². The van der Waals surface area contributed by atoms with Crippen molar-refractivity contribution in [1.82, 2.24) is 4.57 Å². The van der Waals surface area contributed by atoms with Crippen molar-refractivity contribution in [3.8, 4) is 22.9 Å². The van der Waals surface area contributed by atoms with Crippen LogP contribution in [0.25, 0.3) is 38.3 Å². The smallest absolute Gasteiger partial charge is 0.161 e. The first kappa shape index (κ1) is 22.1. The van der Waals surface area contributed by atoms with Crippen LogP contribution in [0.1, 0.15) is 11.1 Å². The molecule has 0 unspecified atom stereocenters. The molecule has 0 bridgehead atoms. The Labute approximate surface area is 210 Å². The van der Waals surface area contributed by atoms with E-state index >= 15 is 0 Å². The zero-order valence-corrected chi connectivity index (χ0v) is 20.6. The molecule has 0 aliphatic rings. The molecule has 4 heteroatoms. The molecule has 5 aromatic carbocycles. The highest BCUT2D eigenvalue weighted by atomic mass is 16.5. The van der Waals surface area contributed by atoms with Crippen molar-refractivity contribution in [2.24, 2.45) is 0 Å². The number of nitrogens with zero attached hydrogens (tertiary/aromatic N) is 1. The van der Waals surface area contributed by atoms with E-state index in [1.807, 2.05) is 30.3 Å². The number of fused-ring (bicyclic) bond motifs is 5. The van der Waals surface area contributed by atoms with Crippen molar-refractivity contribution < 1.29 is 14.2 Å². The summed E-state index contributed by atoms with van der Waals surface area (Å²) in [6.45, 7) is 2.60. The van der Waals surface area contributed by atoms with Crippen molar-refractivity contribution in [3.63, 3.8) is 0 Å². The Hall–Kier alpha value is -4.44. The van der Waals surface area contributed by atoms with E-state index in [9.17, 15) is 0 Å². The summed E-state index contributed by atoms with van der Waals surface area (Å²) in [7, 11) is 3.34. The number of hydrogen-bond donors (Lipinski definition) is 0. The maximum Gasteiger partial charge on any atom is 0.161 e. The standard InChI is InChI=1S/C32H27NO3/c1-21-14-15-24-27(16-21)33(23-12-8-5-9-13-23)28-19-29(36-20-22-10-6-4-7-11-22)25-17-30(34-2)31(35-3)18-26(25)32(24)28/h4-19H,20H2,1-3H3. The first-order chi connectivity index (χ1) is 17.7. The second-order valence-electron chi connectivity index (χ2n) is 8.99. The van der Waals surface area contributed by atoms with Crippen LogP contribution in [-0.4, -0.2) is 18.8 Å². The molecule has 0 saturated carbocycles. The molecule has 0 fully saturated rings. The Kier molecular flexibility index (Phi) is 5.49. The van der Waals surface area contributed by atoms with Crippen LogP contribution in [0.4, 0.5) is 0 Å². The molecule has 0 atom stereocenters. The number of rotatable bonds is 6. The van der Waals surface area contributed by atoms with E-state index < -0.39 is 0 Å². The highest BCUT2D eigenvalue weighted by molar-refractivity contribution is 6.23. The van der Waals surface area contributed by atoms with Crippen LogP contribution in [0.15, 0.2) is 97.1 Å². The second kappa shape index (κ2) is 8.97. The first-order valence-corrected chi connectivity index (χ1v) is 12.0. The normalized spacial score (nSPS) is 11.3. The van der Waals surface area contributed by atoms with Gasteiger partial charge in [-0.1, -0.05) is 60.7 Å². The molecule has 6 rings (SSSR count). The lowest BCUT2D eigenvalue weighted by molar-refractivity contribution is 0.310. The second-order valence-corrected chi connectivity index (χ2v) is 8.99.